The van der Waals surface area contributed by atoms with Crippen molar-refractivity contribution in [3.8, 4) is 0 Å². The Morgan fingerprint density at radius 2 is 2.32 bits per heavy atom. The lowest BCUT2D eigenvalue weighted by molar-refractivity contribution is 0.166. The maximum Gasteiger partial charge on any atom is 0.127 e. The second-order valence-electron chi connectivity index (χ2n) is 5.07. The van der Waals surface area contributed by atoms with Crippen LogP contribution in [0.3, 0.4) is 0 Å². The lowest BCUT2D eigenvalue weighted by Crippen LogP contribution is -2.38. The van der Waals surface area contributed by atoms with E-state index >= 15 is 0 Å². The molecule has 1 atom stereocenters. The third-order valence-electron chi connectivity index (χ3n) is 3.87. The maximum absolute atomic E-state index is 4.68. The molecule has 0 fully saturated rings. The highest BCUT2D eigenvalue weighted by Crippen LogP contribution is 2.29. The quantitative estimate of drug-likeness (QED) is 0.942. The first kappa shape index (κ1) is 12.9. The molecule has 0 bridgehead atoms. The van der Waals surface area contributed by atoms with Gasteiger partial charge in [0.15, 0.2) is 0 Å². The maximum atomic E-state index is 4.68. The molecule has 0 aliphatic carbocycles. The smallest absolute Gasteiger partial charge is 0.127 e. The molecular formula is C13H18BrN5. The first-order valence-corrected chi connectivity index (χ1v) is 7.40. The van der Waals surface area contributed by atoms with E-state index in [1.54, 1.807) is 0 Å². The molecule has 2 aromatic rings. The second-order valence-corrected chi connectivity index (χ2v) is 5.82. The van der Waals surface area contributed by atoms with Crippen LogP contribution >= 0.6 is 15.9 Å². The van der Waals surface area contributed by atoms with Gasteiger partial charge >= 0.3 is 0 Å². The van der Waals surface area contributed by atoms with Crippen LogP contribution in [-0.2, 0) is 13.0 Å². The third-order valence-corrected chi connectivity index (χ3v) is 4.87. The lowest BCUT2D eigenvalue weighted by Gasteiger charge is -2.33. The molecule has 0 saturated carbocycles. The molecule has 0 radical (unpaired) electrons. The van der Waals surface area contributed by atoms with Crippen LogP contribution in [-0.4, -0.2) is 37.7 Å². The van der Waals surface area contributed by atoms with Gasteiger partial charge in [-0.2, -0.15) is 5.10 Å². The van der Waals surface area contributed by atoms with E-state index in [0.717, 1.165) is 36.4 Å². The number of nitrogens with zero attached hydrogens (tertiary/aromatic N) is 4. The molecule has 0 saturated heterocycles. The van der Waals surface area contributed by atoms with Gasteiger partial charge in [0.2, 0.25) is 0 Å². The number of imidazole rings is 1. The topological polar surface area (TPSA) is 49.7 Å². The van der Waals surface area contributed by atoms with Crippen molar-refractivity contribution < 1.29 is 0 Å². The summed E-state index contributed by atoms with van der Waals surface area (Å²) in [5.74, 6) is 1.17. The Morgan fingerprint density at radius 1 is 1.47 bits per heavy atom. The molecule has 1 unspecified atom stereocenters. The molecule has 1 N–H and O–H groups in total. The van der Waals surface area contributed by atoms with Gasteiger partial charge in [-0.05, 0) is 41.8 Å². The number of fused-ring (bicyclic) bond motifs is 1. The van der Waals surface area contributed by atoms with Crippen molar-refractivity contribution in [2.24, 2.45) is 0 Å². The van der Waals surface area contributed by atoms with E-state index in [-0.39, 0.29) is 0 Å². The van der Waals surface area contributed by atoms with Gasteiger partial charge in [0.25, 0.3) is 0 Å². The van der Waals surface area contributed by atoms with Crippen molar-refractivity contribution in [2.75, 3.05) is 13.1 Å². The average molecular weight is 324 g/mol. The van der Waals surface area contributed by atoms with E-state index in [4.69, 9.17) is 0 Å². The SMILES string of the molecule is Cc1nc2n(c1Br)CCN(CCc1cn[nH]c1)C2C. The van der Waals surface area contributed by atoms with Crippen molar-refractivity contribution in [3.63, 3.8) is 0 Å². The fourth-order valence-electron chi connectivity index (χ4n) is 2.68. The summed E-state index contributed by atoms with van der Waals surface area (Å²) in [6.07, 6.45) is 4.90. The Morgan fingerprint density at radius 3 is 3.05 bits per heavy atom. The van der Waals surface area contributed by atoms with Crippen LogP contribution in [0, 0.1) is 6.92 Å². The number of aromatic amines is 1. The Kier molecular flexibility index (Phi) is 3.45. The minimum Gasteiger partial charge on any atom is -0.320 e. The molecule has 0 amide bonds. The molecule has 0 aromatic carbocycles. The highest BCUT2D eigenvalue weighted by Gasteiger charge is 2.27. The van der Waals surface area contributed by atoms with Crippen molar-refractivity contribution in [3.05, 3.63) is 34.1 Å². The zero-order chi connectivity index (χ0) is 13.4. The van der Waals surface area contributed by atoms with E-state index in [2.05, 4.69) is 54.4 Å². The van der Waals surface area contributed by atoms with Crippen LogP contribution in [0.25, 0.3) is 0 Å². The number of halogens is 1. The number of H-pyrrole nitrogens is 1. The summed E-state index contributed by atoms with van der Waals surface area (Å²) in [5.41, 5.74) is 2.34. The number of aryl methyl sites for hydroxylation is 1. The largest absolute Gasteiger partial charge is 0.320 e. The van der Waals surface area contributed by atoms with E-state index in [9.17, 15) is 0 Å². The van der Waals surface area contributed by atoms with Gasteiger partial charge in [-0.3, -0.25) is 10.00 Å². The van der Waals surface area contributed by atoms with Crippen LogP contribution in [0.5, 0.6) is 0 Å². The van der Waals surface area contributed by atoms with Gasteiger partial charge in [-0.25, -0.2) is 4.98 Å². The van der Waals surface area contributed by atoms with Gasteiger partial charge in [-0.15, -0.1) is 0 Å². The first-order chi connectivity index (χ1) is 9.16. The van der Waals surface area contributed by atoms with Crippen LogP contribution < -0.4 is 0 Å². The van der Waals surface area contributed by atoms with Crippen LogP contribution in [0.4, 0.5) is 0 Å². The van der Waals surface area contributed by atoms with E-state index in [1.165, 1.54) is 11.4 Å². The van der Waals surface area contributed by atoms with Gasteiger partial charge < -0.3 is 4.57 Å². The molecule has 19 heavy (non-hydrogen) atoms. The predicted molar refractivity (Wildman–Crippen MR) is 76.9 cm³/mol. The zero-order valence-electron chi connectivity index (χ0n) is 11.2. The average Bonchev–Trinajstić information content (AvgIpc) is 3.00. The van der Waals surface area contributed by atoms with Crippen LogP contribution in [0.2, 0.25) is 0 Å². The Labute approximate surface area is 121 Å². The van der Waals surface area contributed by atoms with Gasteiger partial charge in [0.1, 0.15) is 10.4 Å². The summed E-state index contributed by atoms with van der Waals surface area (Å²) in [5, 5.41) is 6.85. The second kappa shape index (κ2) is 5.09. The van der Waals surface area contributed by atoms with Crippen molar-refractivity contribution in [2.45, 2.75) is 32.9 Å². The summed E-state index contributed by atoms with van der Waals surface area (Å²) in [7, 11) is 0. The van der Waals surface area contributed by atoms with Crippen molar-refractivity contribution in [1.82, 2.24) is 24.6 Å². The normalized spacial score (nSPS) is 19.6. The highest BCUT2D eigenvalue weighted by atomic mass is 79.9. The van der Waals surface area contributed by atoms with E-state index in [0.29, 0.717) is 6.04 Å². The van der Waals surface area contributed by atoms with Crippen molar-refractivity contribution in [1.29, 1.82) is 0 Å². The number of aromatic nitrogens is 4. The molecule has 3 rings (SSSR count). The standard InChI is InChI=1S/C13H18BrN5/c1-9-12(14)19-6-5-18(10(2)13(19)17-9)4-3-11-7-15-16-8-11/h7-8,10H,3-6H2,1-2H3,(H,15,16). The highest BCUT2D eigenvalue weighted by molar-refractivity contribution is 9.10. The zero-order valence-corrected chi connectivity index (χ0v) is 12.8. The molecule has 102 valence electrons. The van der Waals surface area contributed by atoms with Crippen LogP contribution in [0.15, 0.2) is 17.0 Å². The Balaban J connectivity index is 1.72. The minimum atomic E-state index is 0.366. The molecule has 1 aliphatic rings. The minimum absolute atomic E-state index is 0.366. The summed E-state index contributed by atoms with van der Waals surface area (Å²) in [6, 6.07) is 0.366. The number of hydrogen-bond acceptors (Lipinski definition) is 3. The van der Waals surface area contributed by atoms with E-state index < -0.39 is 0 Å². The predicted octanol–water partition coefficient (Wildman–Crippen LogP) is 2.30. The molecular weight excluding hydrogens is 306 g/mol. The number of hydrogen-bond donors (Lipinski definition) is 1. The fourth-order valence-corrected chi connectivity index (χ4v) is 3.13. The molecule has 6 heteroatoms. The molecule has 1 aliphatic heterocycles. The monoisotopic (exact) mass is 323 g/mol. The third kappa shape index (κ3) is 2.34. The number of nitrogens with one attached hydrogen (secondary N) is 1. The van der Waals surface area contributed by atoms with Gasteiger partial charge in [0.05, 0.1) is 17.9 Å². The van der Waals surface area contributed by atoms with Gasteiger partial charge in [-0.1, -0.05) is 0 Å². The molecule has 2 aromatic heterocycles. The van der Waals surface area contributed by atoms with Crippen LogP contribution in [0.1, 0.15) is 30.0 Å². The summed E-state index contributed by atoms with van der Waals surface area (Å²) in [4.78, 5) is 7.17. The Bertz CT molecular complexity index is 560. The summed E-state index contributed by atoms with van der Waals surface area (Å²) in [6.45, 7) is 7.41. The van der Waals surface area contributed by atoms with Gasteiger partial charge in [0, 0.05) is 25.8 Å². The summed E-state index contributed by atoms with van der Waals surface area (Å²) < 4.78 is 3.41. The number of rotatable bonds is 3. The summed E-state index contributed by atoms with van der Waals surface area (Å²) >= 11 is 3.62. The lowest BCUT2D eigenvalue weighted by atomic mass is 10.1. The molecule has 5 nitrogen and oxygen atoms in total. The molecule has 3 heterocycles. The van der Waals surface area contributed by atoms with E-state index in [1.807, 2.05) is 12.4 Å². The Hall–Kier alpha value is -1.14. The fraction of sp³-hybridized carbons (Fsp3) is 0.538. The first-order valence-electron chi connectivity index (χ1n) is 6.61. The molecule has 0 spiro atoms. The van der Waals surface area contributed by atoms with Crippen molar-refractivity contribution >= 4 is 15.9 Å².